The predicted molar refractivity (Wildman–Crippen MR) is 110 cm³/mol. The molecule has 0 radical (unpaired) electrons. The molecule has 28 heavy (non-hydrogen) atoms. The van der Waals surface area contributed by atoms with Crippen LogP contribution in [0.1, 0.15) is 58.1 Å². The minimum atomic E-state index is 0.000314. The summed E-state index contributed by atoms with van der Waals surface area (Å²) in [7, 11) is 2.14. The van der Waals surface area contributed by atoms with Crippen LogP contribution < -0.4 is 0 Å². The van der Waals surface area contributed by atoms with E-state index in [1.54, 1.807) is 6.26 Å². The van der Waals surface area contributed by atoms with E-state index < -0.39 is 0 Å². The Morgan fingerprint density at radius 2 is 2.25 bits per heavy atom. The van der Waals surface area contributed by atoms with Gasteiger partial charge in [-0.3, -0.25) is 4.79 Å². The third-order valence-electron chi connectivity index (χ3n) is 7.95. The van der Waals surface area contributed by atoms with E-state index in [2.05, 4.69) is 32.4 Å². The molecular weight excluding hydrogens is 350 g/mol. The first-order valence-electron chi connectivity index (χ1n) is 11.0. The number of carbonyl (C=O) groups excluding carboxylic acids is 1. The molecule has 6 atom stereocenters. The second-order valence-electron chi connectivity index (χ2n) is 9.81. The summed E-state index contributed by atoms with van der Waals surface area (Å²) in [6, 6.07) is 4.37. The average molecular weight is 386 g/mol. The lowest BCUT2D eigenvalue weighted by atomic mass is 9.55. The molecule has 0 bridgehead atoms. The molecule has 6 unspecified atom stereocenters. The van der Waals surface area contributed by atoms with Crippen molar-refractivity contribution in [2.24, 2.45) is 23.2 Å². The van der Waals surface area contributed by atoms with Gasteiger partial charge in [0.05, 0.1) is 12.2 Å². The van der Waals surface area contributed by atoms with E-state index in [-0.39, 0.29) is 23.4 Å². The van der Waals surface area contributed by atoms with Crippen LogP contribution in [-0.4, -0.2) is 36.6 Å². The zero-order valence-corrected chi connectivity index (χ0v) is 17.7. The lowest BCUT2D eigenvalue weighted by Gasteiger charge is -2.50. The van der Waals surface area contributed by atoms with Gasteiger partial charge in [-0.15, -0.1) is 0 Å². The van der Waals surface area contributed by atoms with Crippen LogP contribution in [0.3, 0.4) is 0 Å². The highest BCUT2D eigenvalue weighted by molar-refractivity contribution is 5.75. The van der Waals surface area contributed by atoms with Crippen molar-refractivity contribution in [3.63, 3.8) is 0 Å². The zero-order valence-electron chi connectivity index (χ0n) is 17.7. The predicted octanol–water partition coefficient (Wildman–Crippen LogP) is 4.85. The maximum Gasteiger partial charge on any atom is 0.310 e. The number of carbonyl (C=O) groups is 1. The van der Waals surface area contributed by atoms with Gasteiger partial charge >= 0.3 is 5.97 Å². The molecule has 3 aliphatic rings. The van der Waals surface area contributed by atoms with E-state index in [1.165, 1.54) is 18.4 Å². The number of ether oxygens (including phenoxy) is 1. The van der Waals surface area contributed by atoms with Crippen LogP contribution in [0.5, 0.6) is 0 Å². The van der Waals surface area contributed by atoms with Crippen molar-refractivity contribution in [1.82, 2.24) is 4.90 Å². The van der Waals surface area contributed by atoms with Gasteiger partial charge in [0.2, 0.25) is 0 Å². The van der Waals surface area contributed by atoms with Crippen molar-refractivity contribution in [2.75, 3.05) is 13.6 Å². The highest BCUT2D eigenvalue weighted by atomic mass is 16.6. The summed E-state index contributed by atoms with van der Waals surface area (Å²) in [6.45, 7) is 9.81. The van der Waals surface area contributed by atoms with Crippen molar-refractivity contribution >= 4 is 5.97 Å². The van der Waals surface area contributed by atoms with Crippen molar-refractivity contribution in [3.05, 3.63) is 36.3 Å². The van der Waals surface area contributed by atoms with Crippen molar-refractivity contribution < 1.29 is 13.9 Å². The maximum absolute atomic E-state index is 12.7. The van der Waals surface area contributed by atoms with E-state index in [9.17, 15) is 4.79 Å². The van der Waals surface area contributed by atoms with Gasteiger partial charge in [0, 0.05) is 24.9 Å². The summed E-state index contributed by atoms with van der Waals surface area (Å²) < 4.78 is 11.4. The Hall–Kier alpha value is -1.55. The summed E-state index contributed by atoms with van der Waals surface area (Å²) in [5, 5.41) is 0. The molecule has 4 heteroatoms. The molecule has 1 saturated heterocycles. The number of hydrogen-bond donors (Lipinski definition) is 0. The zero-order chi connectivity index (χ0) is 19.9. The second-order valence-corrected chi connectivity index (χ2v) is 9.81. The smallest absolute Gasteiger partial charge is 0.310 e. The fourth-order valence-corrected chi connectivity index (χ4v) is 5.98. The van der Waals surface area contributed by atoms with Crippen LogP contribution >= 0.6 is 0 Å². The van der Waals surface area contributed by atoms with Gasteiger partial charge in [-0.05, 0) is 76.0 Å². The lowest BCUT2D eigenvalue weighted by molar-refractivity contribution is -0.146. The van der Waals surface area contributed by atoms with E-state index in [0.29, 0.717) is 17.9 Å². The molecule has 154 valence electrons. The minimum absolute atomic E-state index is 0.000314. The molecular formula is C24H35NO3. The van der Waals surface area contributed by atoms with E-state index in [1.807, 2.05) is 12.1 Å². The summed E-state index contributed by atoms with van der Waals surface area (Å²) >= 11 is 0. The van der Waals surface area contributed by atoms with Crippen LogP contribution in [-0.2, 0) is 16.0 Å². The molecule has 2 aliphatic carbocycles. The van der Waals surface area contributed by atoms with Crippen molar-refractivity contribution in [2.45, 2.75) is 70.9 Å². The molecule has 0 spiro atoms. The molecule has 4 rings (SSSR count). The molecule has 2 heterocycles. The van der Waals surface area contributed by atoms with Gasteiger partial charge < -0.3 is 14.1 Å². The Kier molecular flexibility index (Phi) is 5.43. The van der Waals surface area contributed by atoms with Crippen LogP contribution in [0.15, 0.2) is 35.0 Å². The average Bonchev–Trinajstić information content (AvgIpc) is 3.26. The van der Waals surface area contributed by atoms with Crippen molar-refractivity contribution in [1.29, 1.82) is 0 Å². The number of nitrogens with zero attached hydrogens (tertiary/aromatic N) is 1. The molecule has 1 aliphatic heterocycles. The van der Waals surface area contributed by atoms with Gasteiger partial charge in [-0.2, -0.15) is 0 Å². The van der Waals surface area contributed by atoms with Gasteiger partial charge in [0.1, 0.15) is 11.9 Å². The van der Waals surface area contributed by atoms with E-state index >= 15 is 0 Å². The molecule has 4 nitrogen and oxygen atoms in total. The number of allylic oxidation sites excluding steroid dienone is 1. The lowest BCUT2D eigenvalue weighted by Crippen LogP contribution is -2.46. The molecule has 1 aromatic heterocycles. The number of rotatable bonds is 6. The Labute approximate surface area is 169 Å². The Balaban J connectivity index is 1.39. The topological polar surface area (TPSA) is 42.7 Å². The maximum atomic E-state index is 12.7. The first-order valence-corrected chi connectivity index (χ1v) is 11.0. The summed E-state index contributed by atoms with van der Waals surface area (Å²) in [4.78, 5) is 15.1. The van der Waals surface area contributed by atoms with Crippen LogP contribution in [0.4, 0.5) is 0 Å². The summed E-state index contributed by atoms with van der Waals surface area (Å²) in [5.41, 5.74) is 1.68. The van der Waals surface area contributed by atoms with Crippen LogP contribution in [0.2, 0.25) is 0 Å². The number of furan rings is 1. The van der Waals surface area contributed by atoms with Gasteiger partial charge in [-0.25, -0.2) is 0 Å². The Morgan fingerprint density at radius 3 is 3.00 bits per heavy atom. The van der Waals surface area contributed by atoms with Crippen LogP contribution in [0, 0.1) is 23.2 Å². The van der Waals surface area contributed by atoms with E-state index in [4.69, 9.17) is 9.15 Å². The number of hydrogen-bond acceptors (Lipinski definition) is 4. The third-order valence-corrected chi connectivity index (χ3v) is 7.95. The SMILES string of the molecule is C=C1CCCC2(C)CC3OC(=O)C(CN(C)C(C)CCc4ccco4)C3CC12. The van der Waals surface area contributed by atoms with Gasteiger partial charge in [-0.1, -0.05) is 19.1 Å². The normalized spacial score (nSPS) is 36.1. The number of esters is 1. The van der Waals surface area contributed by atoms with Gasteiger partial charge in [0.15, 0.2) is 0 Å². The minimum Gasteiger partial charge on any atom is -0.469 e. The highest BCUT2D eigenvalue weighted by Crippen LogP contribution is 2.56. The molecule has 1 aromatic rings. The molecule has 0 amide bonds. The molecule has 3 fully saturated rings. The molecule has 2 saturated carbocycles. The fraction of sp³-hybridized carbons (Fsp3) is 0.708. The highest BCUT2D eigenvalue weighted by Gasteiger charge is 2.55. The first-order chi connectivity index (χ1) is 13.4. The summed E-state index contributed by atoms with van der Waals surface area (Å²) in [5.74, 6) is 1.96. The Bertz CT molecular complexity index is 711. The fourth-order valence-electron chi connectivity index (χ4n) is 5.98. The van der Waals surface area contributed by atoms with Crippen molar-refractivity contribution in [3.8, 4) is 0 Å². The van der Waals surface area contributed by atoms with E-state index in [0.717, 1.165) is 44.4 Å². The van der Waals surface area contributed by atoms with Gasteiger partial charge in [0.25, 0.3) is 0 Å². The largest absolute Gasteiger partial charge is 0.469 e. The quantitative estimate of drug-likeness (QED) is 0.519. The second kappa shape index (κ2) is 7.70. The van der Waals surface area contributed by atoms with Crippen LogP contribution in [0.25, 0.3) is 0 Å². The number of fused-ring (bicyclic) bond motifs is 2. The summed E-state index contributed by atoms with van der Waals surface area (Å²) in [6.07, 6.45) is 9.51. The molecule has 0 aromatic carbocycles. The Morgan fingerprint density at radius 1 is 1.43 bits per heavy atom. The molecule has 0 N–H and O–H groups in total. The monoisotopic (exact) mass is 385 g/mol. The first kappa shape index (κ1) is 19.8. The number of aryl methyl sites for hydroxylation is 1. The third kappa shape index (κ3) is 3.68. The standard InChI is InChI=1S/C24H35NO3/c1-16-7-5-11-24(3)14-22-19(13-21(16)24)20(23(26)28-22)15-25(4)17(2)9-10-18-8-6-12-27-18/h6,8,12,17,19-22H,1,5,7,9-11,13-15H2,2-4H3.